The molecule has 0 radical (unpaired) electrons. The maximum atomic E-state index is 11.7. The summed E-state index contributed by atoms with van der Waals surface area (Å²) in [6.07, 6.45) is 3.88. The molecule has 1 nitrogen and oxygen atoms in total. The van der Waals surface area contributed by atoms with Crippen LogP contribution in [0.1, 0.15) is 25.7 Å². The number of benzene rings is 1. The number of carbonyl (C=O) groups is 1. The topological polar surface area (TPSA) is 17.1 Å². The Morgan fingerprint density at radius 1 is 1.19 bits per heavy atom. The van der Waals surface area contributed by atoms with Crippen LogP contribution >= 0.6 is 35.0 Å². The minimum absolute atomic E-state index is 0.103. The van der Waals surface area contributed by atoms with Crippen LogP contribution in [0.3, 0.4) is 0 Å². The van der Waals surface area contributed by atoms with Crippen LogP contribution in [0.15, 0.2) is 23.1 Å². The van der Waals surface area contributed by atoms with Crippen LogP contribution < -0.4 is 0 Å². The molecule has 1 atom stereocenters. The second-order valence-electron chi connectivity index (χ2n) is 3.89. The lowest BCUT2D eigenvalue weighted by molar-refractivity contribution is -0.119. The number of halogens is 2. The van der Waals surface area contributed by atoms with Gasteiger partial charge in [-0.05, 0) is 31.0 Å². The zero-order chi connectivity index (χ0) is 11.5. The molecule has 1 unspecified atom stereocenters. The first-order valence-corrected chi connectivity index (χ1v) is 6.95. The Morgan fingerprint density at radius 2 is 2.00 bits per heavy atom. The molecule has 4 heteroatoms. The molecule has 1 aliphatic carbocycles. The molecule has 0 aliphatic heterocycles. The molecule has 0 aromatic heterocycles. The number of ketones is 1. The van der Waals surface area contributed by atoms with E-state index in [9.17, 15) is 4.79 Å². The molecular formula is C12H12Cl2OS. The van der Waals surface area contributed by atoms with Gasteiger partial charge in [0.05, 0.1) is 15.3 Å². The van der Waals surface area contributed by atoms with Gasteiger partial charge in [0.1, 0.15) is 5.78 Å². The van der Waals surface area contributed by atoms with Gasteiger partial charge in [-0.2, -0.15) is 0 Å². The van der Waals surface area contributed by atoms with E-state index in [2.05, 4.69) is 0 Å². The van der Waals surface area contributed by atoms with Crippen molar-refractivity contribution in [3.05, 3.63) is 28.2 Å². The highest BCUT2D eigenvalue weighted by atomic mass is 35.5. The Labute approximate surface area is 110 Å². The van der Waals surface area contributed by atoms with Crippen molar-refractivity contribution in [2.24, 2.45) is 0 Å². The zero-order valence-corrected chi connectivity index (χ0v) is 11.0. The van der Waals surface area contributed by atoms with Crippen molar-refractivity contribution in [1.82, 2.24) is 0 Å². The fraction of sp³-hybridized carbons (Fsp3) is 0.417. The summed E-state index contributed by atoms with van der Waals surface area (Å²) in [6, 6.07) is 5.52. The lowest BCUT2D eigenvalue weighted by atomic mass is 9.99. The summed E-state index contributed by atoms with van der Waals surface area (Å²) in [5, 5.41) is 1.21. The van der Waals surface area contributed by atoms with Gasteiger partial charge < -0.3 is 0 Å². The van der Waals surface area contributed by atoms with Crippen molar-refractivity contribution < 1.29 is 4.79 Å². The lowest BCUT2D eigenvalue weighted by Crippen LogP contribution is -2.21. The van der Waals surface area contributed by atoms with Gasteiger partial charge in [0.25, 0.3) is 0 Å². The Hall–Kier alpha value is -0.180. The van der Waals surface area contributed by atoms with E-state index >= 15 is 0 Å². The first-order chi connectivity index (χ1) is 7.66. The number of carbonyl (C=O) groups excluding carboxylic acids is 1. The molecule has 1 aromatic rings. The van der Waals surface area contributed by atoms with Gasteiger partial charge in [-0.1, -0.05) is 29.6 Å². The van der Waals surface area contributed by atoms with Crippen molar-refractivity contribution in [2.45, 2.75) is 35.8 Å². The molecule has 16 heavy (non-hydrogen) atoms. The van der Waals surface area contributed by atoms with Crippen molar-refractivity contribution >= 4 is 40.7 Å². The summed E-state index contributed by atoms with van der Waals surface area (Å²) in [6.45, 7) is 0. The van der Waals surface area contributed by atoms with E-state index in [1.165, 1.54) is 0 Å². The SMILES string of the molecule is O=C1CCCCC1Sc1ccc(Cl)c(Cl)c1. The number of rotatable bonds is 2. The molecule has 0 amide bonds. The summed E-state index contributed by atoms with van der Waals surface area (Å²) in [5.41, 5.74) is 0. The zero-order valence-electron chi connectivity index (χ0n) is 8.71. The summed E-state index contributed by atoms with van der Waals surface area (Å²) < 4.78 is 0. The molecule has 1 aliphatic rings. The van der Waals surface area contributed by atoms with Crippen molar-refractivity contribution in [3.63, 3.8) is 0 Å². The van der Waals surface area contributed by atoms with Gasteiger partial charge in [-0.15, -0.1) is 11.8 Å². The molecule has 2 rings (SSSR count). The van der Waals surface area contributed by atoms with Crippen molar-refractivity contribution in [3.8, 4) is 0 Å². The third-order valence-corrected chi connectivity index (χ3v) is 4.72. The van der Waals surface area contributed by atoms with Crippen LogP contribution in [0.5, 0.6) is 0 Å². The van der Waals surface area contributed by atoms with E-state index in [0.717, 1.165) is 30.6 Å². The van der Waals surface area contributed by atoms with Crippen LogP contribution in [-0.2, 0) is 4.79 Å². The van der Waals surface area contributed by atoms with Gasteiger partial charge >= 0.3 is 0 Å². The average Bonchev–Trinajstić information content (AvgIpc) is 2.27. The third kappa shape index (κ3) is 2.93. The minimum Gasteiger partial charge on any atom is -0.298 e. The molecule has 1 aromatic carbocycles. The van der Waals surface area contributed by atoms with E-state index in [1.807, 2.05) is 12.1 Å². The number of Topliss-reactive ketones (excluding diaryl/α,β-unsaturated/α-hetero) is 1. The second-order valence-corrected chi connectivity index (χ2v) is 5.99. The van der Waals surface area contributed by atoms with E-state index in [4.69, 9.17) is 23.2 Å². The maximum absolute atomic E-state index is 11.7. The standard InChI is InChI=1S/C12H12Cl2OS/c13-9-6-5-8(7-10(9)14)16-12-4-2-1-3-11(12)15/h5-7,12H,1-4H2. The first kappa shape index (κ1) is 12.3. The van der Waals surface area contributed by atoms with E-state index in [1.54, 1.807) is 17.8 Å². The fourth-order valence-electron chi connectivity index (χ4n) is 1.79. The van der Waals surface area contributed by atoms with Gasteiger partial charge in [0.2, 0.25) is 0 Å². The molecule has 1 saturated carbocycles. The van der Waals surface area contributed by atoms with Gasteiger partial charge in [-0.3, -0.25) is 4.79 Å². The molecule has 0 N–H and O–H groups in total. The van der Waals surface area contributed by atoms with Gasteiger partial charge in [0.15, 0.2) is 0 Å². The quantitative estimate of drug-likeness (QED) is 0.784. The van der Waals surface area contributed by atoms with Crippen LogP contribution in [0.4, 0.5) is 0 Å². The van der Waals surface area contributed by atoms with Gasteiger partial charge in [0, 0.05) is 11.3 Å². The Kier molecular flexibility index (Phi) is 4.17. The monoisotopic (exact) mass is 274 g/mol. The molecule has 86 valence electrons. The number of hydrogen-bond acceptors (Lipinski definition) is 2. The summed E-state index contributed by atoms with van der Waals surface area (Å²) in [4.78, 5) is 12.7. The Bertz CT molecular complexity index is 406. The highest BCUT2D eigenvalue weighted by molar-refractivity contribution is 8.00. The van der Waals surface area contributed by atoms with Crippen LogP contribution in [0.2, 0.25) is 10.0 Å². The van der Waals surface area contributed by atoms with Crippen LogP contribution in [-0.4, -0.2) is 11.0 Å². The van der Waals surface area contributed by atoms with Crippen LogP contribution in [0, 0.1) is 0 Å². The van der Waals surface area contributed by atoms with Gasteiger partial charge in [-0.25, -0.2) is 0 Å². The Balaban J connectivity index is 2.08. The molecular weight excluding hydrogens is 263 g/mol. The first-order valence-electron chi connectivity index (χ1n) is 5.31. The normalized spacial score (nSPS) is 21.1. The molecule has 0 spiro atoms. The van der Waals surface area contributed by atoms with E-state index < -0.39 is 0 Å². The van der Waals surface area contributed by atoms with Crippen molar-refractivity contribution in [1.29, 1.82) is 0 Å². The molecule has 1 fully saturated rings. The third-order valence-electron chi connectivity index (χ3n) is 2.67. The Morgan fingerprint density at radius 3 is 2.69 bits per heavy atom. The summed E-state index contributed by atoms with van der Waals surface area (Å²) in [5.74, 6) is 0.363. The van der Waals surface area contributed by atoms with Crippen molar-refractivity contribution in [2.75, 3.05) is 0 Å². The van der Waals surface area contributed by atoms with E-state index in [-0.39, 0.29) is 5.25 Å². The minimum atomic E-state index is 0.103. The maximum Gasteiger partial charge on any atom is 0.146 e. The summed E-state index contributed by atoms with van der Waals surface area (Å²) in [7, 11) is 0. The predicted molar refractivity (Wildman–Crippen MR) is 69.6 cm³/mol. The smallest absolute Gasteiger partial charge is 0.146 e. The lowest BCUT2D eigenvalue weighted by Gasteiger charge is -2.19. The van der Waals surface area contributed by atoms with Crippen LogP contribution in [0.25, 0.3) is 0 Å². The highest BCUT2D eigenvalue weighted by Crippen LogP contribution is 2.34. The molecule has 0 bridgehead atoms. The average molecular weight is 275 g/mol. The highest BCUT2D eigenvalue weighted by Gasteiger charge is 2.23. The fourth-order valence-corrected chi connectivity index (χ4v) is 3.35. The van der Waals surface area contributed by atoms with E-state index in [0.29, 0.717) is 15.8 Å². The molecule has 0 saturated heterocycles. The molecule has 0 heterocycles. The second kappa shape index (κ2) is 5.44. The largest absolute Gasteiger partial charge is 0.298 e. The predicted octanol–water partition coefficient (Wildman–Crippen LogP) is 4.60. The number of thioether (sulfide) groups is 1. The number of hydrogen-bond donors (Lipinski definition) is 0. The summed E-state index contributed by atoms with van der Waals surface area (Å²) >= 11 is 13.4.